The van der Waals surface area contributed by atoms with Gasteiger partial charge in [0.2, 0.25) is 11.9 Å². The number of nitrogens with zero attached hydrogens (tertiary/aromatic N) is 4. The zero-order valence-corrected chi connectivity index (χ0v) is 30.4. The molecule has 292 valence electrons. The third-order valence-electron chi connectivity index (χ3n) is 9.22. The standard InChI is InChI=1S/C38H36ClF3N8O6/c39-26-12-10-25(11-13-26)37(18-19-37)50-35-47-34(48-36(49-35)56-21-38(40,41)42)45-28-16-8-24(9-17-28)30(51)46-29(33(54)55)20-43-31(52)32(53)44-27-14-6-23(7-15-27)22-4-2-1-3-5-22/h6-17,22H,1-5,18-21H2,(H,43,52)(H,44,53)(H,54,55)(H2,45,47,48,49,50). The van der Waals surface area contributed by atoms with E-state index in [4.69, 9.17) is 16.3 Å². The van der Waals surface area contributed by atoms with Gasteiger partial charge in [0.1, 0.15) is 5.71 Å². The van der Waals surface area contributed by atoms with Gasteiger partial charge in [0, 0.05) is 22.0 Å². The van der Waals surface area contributed by atoms with Gasteiger partial charge >= 0.3 is 30.0 Å². The van der Waals surface area contributed by atoms with Crippen LogP contribution < -0.4 is 26.0 Å². The van der Waals surface area contributed by atoms with Gasteiger partial charge in [0.15, 0.2) is 6.61 Å². The summed E-state index contributed by atoms with van der Waals surface area (Å²) in [6, 6.07) is 19.1. The van der Waals surface area contributed by atoms with Crippen LogP contribution >= 0.6 is 11.6 Å². The highest BCUT2D eigenvalue weighted by Crippen LogP contribution is 2.48. The molecule has 2 aliphatic carbocycles. The van der Waals surface area contributed by atoms with Gasteiger partial charge in [-0.3, -0.25) is 14.4 Å². The van der Waals surface area contributed by atoms with Gasteiger partial charge in [-0.05, 0) is 91.3 Å². The number of aliphatic carboxylic acids is 1. The molecular weight excluding hydrogens is 757 g/mol. The van der Waals surface area contributed by atoms with Crippen LogP contribution in [-0.4, -0.2) is 68.8 Å². The zero-order chi connectivity index (χ0) is 39.9. The molecule has 0 bridgehead atoms. The van der Waals surface area contributed by atoms with Gasteiger partial charge < -0.3 is 31.1 Å². The summed E-state index contributed by atoms with van der Waals surface area (Å²) < 4.78 is 43.7. The molecule has 14 nitrogen and oxygen atoms in total. The van der Waals surface area contributed by atoms with Gasteiger partial charge in [-0.15, -0.1) is 0 Å². The van der Waals surface area contributed by atoms with E-state index in [1.165, 1.54) is 49.1 Å². The number of aromatic nitrogens is 3. The van der Waals surface area contributed by atoms with Crippen molar-refractivity contribution in [2.75, 3.05) is 29.1 Å². The SMILES string of the molecule is O=C(O)C(CNC(=O)C(=O)Nc1ccc(C2CCCCC2)cc1)=NC(=O)c1ccc(Nc2nc(NC3(c4ccc(Cl)cc4)CC3)nc(OCC(F)(F)F)n2)cc1. The van der Waals surface area contributed by atoms with Crippen molar-refractivity contribution in [1.82, 2.24) is 20.3 Å². The van der Waals surface area contributed by atoms with Crippen molar-refractivity contribution in [3.63, 3.8) is 0 Å². The molecule has 0 radical (unpaired) electrons. The van der Waals surface area contributed by atoms with Gasteiger partial charge in [0.05, 0.1) is 12.1 Å². The molecule has 0 unspecified atom stereocenters. The van der Waals surface area contributed by atoms with Crippen LogP contribution in [0, 0.1) is 0 Å². The number of aliphatic imine (C=N–C) groups is 1. The first-order valence-corrected chi connectivity index (χ1v) is 18.0. The Balaban J connectivity index is 1.07. The third kappa shape index (κ3) is 10.8. The van der Waals surface area contributed by atoms with Gasteiger partial charge in [-0.1, -0.05) is 55.1 Å². The second-order valence-electron chi connectivity index (χ2n) is 13.3. The minimum atomic E-state index is -4.65. The monoisotopic (exact) mass is 792 g/mol. The lowest BCUT2D eigenvalue weighted by Gasteiger charge is -2.22. The van der Waals surface area contributed by atoms with Crippen LogP contribution in [0.3, 0.4) is 0 Å². The zero-order valence-electron chi connectivity index (χ0n) is 29.7. The molecule has 0 aliphatic heterocycles. The van der Waals surface area contributed by atoms with Crippen molar-refractivity contribution in [1.29, 1.82) is 0 Å². The van der Waals surface area contributed by atoms with Crippen LogP contribution in [0.4, 0.5) is 36.4 Å². The van der Waals surface area contributed by atoms with E-state index in [0.717, 1.165) is 18.4 Å². The van der Waals surface area contributed by atoms with Crippen LogP contribution in [0.2, 0.25) is 5.02 Å². The summed E-state index contributed by atoms with van der Waals surface area (Å²) >= 11 is 6.02. The Kier molecular flexibility index (Phi) is 12.1. The Morgan fingerprint density at radius 1 is 0.839 bits per heavy atom. The number of anilines is 4. The highest BCUT2D eigenvalue weighted by atomic mass is 35.5. The normalized spacial score (nSPS) is 15.3. The highest BCUT2D eigenvalue weighted by Gasteiger charge is 2.45. The lowest BCUT2D eigenvalue weighted by Crippen LogP contribution is -2.40. The van der Waals surface area contributed by atoms with Crippen LogP contribution in [0.25, 0.3) is 0 Å². The number of rotatable bonds is 13. The van der Waals surface area contributed by atoms with Crippen LogP contribution in [0.5, 0.6) is 6.01 Å². The van der Waals surface area contributed by atoms with Gasteiger partial charge in [-0.2, -0.15) is 28.1 Å². The number of halogens is 4. The molecule has 6 rings (SSSR count). The molecule has 3 aromatic carbocycles. The molecule has 56 heavy (non-hydrogen) atoms. The maximum absolute atomic E-state index is 12.9. The molecule has 0 atom stereocenters. The lowest BCUT2D eigenvalue weighted by atomic mass is 9.84. The van der Waals surface area contributed by atoms with Crippen LogP contribution in [-0.2, 0) is 19.9 Å². The van der Waals surface area contributed by atoms with E-state index in [2.05, 4.69) is 41.2 Å². The largest absolute Gasteiger partial charge is 0.477 e. The molecular formula is C38H36ClF3N8O6. The number of nitrogens with one attached hydrogen (secondary N) is 4. The maximum atomic E-state index is 12.9. The van der Waals surface area contributed by atoms with E-state index >= 15 is 0 Å². The molecule has 1 heterocycles. The summed E-state index contributed by atoms with van der Waals surface area (Å²) in [4.78, 5) is 65.6. The quantitative estimate of drug-likeness (QED) is 0.0707. The Morgan fingerprint density at radius 3 is 2.11 bits per heavy atom. The highest BCUT2D eigenvalue weighted by molar-refractivity contribution is 6.42. The molecule has 3 amide bonds. The van der Waals surface area contributed by atoms with E-state index in [0.29, 0.717) is 35.2 Å². The predicted molar refractivity (Wildman–Crippen MR) is 200 cm³/mol. The fourth-order valence-electron chi connectivity index (χ4n) is 6.16. The first-order valence-electron chi connectivity index (χ1n) is 17.7. The van der Waals surface area contributed by atoms with E-state index in [9.17, 15) is 37.5 Å². The molecule has 5 N–H and O–H groups in total. The summed E-state index contributed by atoms with van der Waals surface area (Å²) in [7, 11) is 0. The molecule has 0 saturated heterocycles. The smallest absolute Gasteiger partial charge is 0.422 e. The second-order valence-corrected chi connectivity index (χ2v) is 13.8. The van der Waals surface area contributed by atoms with Crippen molar-refractivity contribution in [2.24, 2.45) is 4.99 Å². The van der Waals surface area contributed by atoms with Gasteiger partial charge in [0.25, 0.3) is 5.91 Å². The number of carboxylic acids is 1. The molecule has 2 saturated carbocycles. The van der Waals surface area contributed by atoms with Gasteiger partial charge in [-0.25, -0.2) is 9.79 Å². The Labute approximate surface area is 323 Å². The fraction of sp³-hybridized carbons (Fsp3) is 0.316. The van der Waals surface area contributed by atoms with E-state index in [-0.39, 0.29) is 17.5 Å². The Hall–Kier alpha value is -6.10. The first-order chi connectivity index (χ1) is 26.7. The Morgan fingerprint density at radius 2 is 1.48 bits per heavy atom. The molecule has 1 aromatic heterocycles. The number of hydrogen-bond donors (Lipinski definition) is 5. The van der Waals surface area contributed by atoms with Crippen molar-refractivity contribution < 1.29 is 42.2 Å². The molecule has 0 spiro atoms. The number of ether oxygens (including phenoxy) is 1. The summed E-state index contributed by atoms with van der Waals surface area (Å²) in [6.45, 7) is -2.36. The topological polar surface area (TPSA) is 197 Å². The minimum Gasteiger partial charge on any atom is -0.477 e. The van der Waals surface area contributed by atoms with E-state index in [1.54, 1.807) is 24.3 Å². The van der Waals surface area contributed by atoms with E-state index in [1.807, 2.05) is 24.3 Å². The fourth-order valence-corrected chi connectivity index (χ4v) is 6.28. The third-order valence-corrected chi connectivity index (χ3v) is 9.47. The predicted octanol–water partition coefficient (Wildman–Crippen LogP) is 6.78. The average molecular weight is 793 g/mol. The number of carbonyl (C=O) groups is 4. The molecule has 2 aliphatic rings. The lowest BCUT2D eigenvalue weighted by molar-refractivity contribution is -0.154. The van der Waals surface area contributed by atoms with Crippen molar-refractivity contribution >= 4 is 64.3 Å². The number of hydrogen-bond acceptors (Lipinski definition) is 10. The first kappa shape index (κ1) is 39.6. The number of alkyl halides is 3. The van der Waals surface area contributed by atoms with Crippen LogP contribution in [0.15, 0.2) is 77.8 Å². The van der Waals surface area contributed by atoms with Crippen molar-refractivity contribution in [3.8, 4) is 6.01 Å². The van der Waals surface area contributed by atoms with Crippen LogP contribution in [0.1, 0.15) is 72.3 Å². The number of benzene rings is 3. The van der Waals surface area contributed by atoms with Crippen molar-refractivity contribution in [2.45, 2.75) is 62.6 Å². The molecule has 2 fully saturated rings. The second kappa shape index (κ2) is 17.1. The summed E-state index contributed by atoms with van der Waals surface area (Å²) in [5, 5.41) is 20.8. The maximum Gasteiger partial charge on any atom is 0.422 e. The minimum absolute atomic E-state index is 0.0408. The average Bonchev–Trinajstić information content (AvgIpc) is 3.96. The van der Waals surface area contributed by atoms with E-state index < -0.39 is 60.3 Å². The van der Waals surface area contributed by atoms with Crippen molar-refractivity contribution in [3.05, 3.63) is 94.5 Å². The molecule has 18 heteroatoms. The number of carbonyl (C=O) groups excluding carboxylic acids is 3. The summed E-state index contributed by atoms with van der Waals surface area (Å²) in [5.41, 5.74) is 1.40. The summed E-state index contributed by atoms with van der Waals surface area (Å²) in [5.74, 6) is -4.47. The summed E-state index contributed by atoms with van der Waals surface area (Å²) in [6.07, 6.45) is 2.53. The Bertz CT molecular complexity index is 2110. The number of carboxylic acid groups (broad SMARTS) is 1. The number of amides is 3. The molecule has 4 aromatic rings.